The molecule has 0 spiro atoms. The number of carbonyl (C=O) groups is 1. The van der Waals surface area contributed by atoms with E-state index in [0.717, 1.165) is 31.0 Å². The Hall–Kier alpha value is -2.60. The van der Waals surface area contributed by atoms with Gasteiger partial charge in [0, 0.05) is 19.2 Å². The van der Waals surface area contributed by atoms with Crippen LogP contribution in [0.1, 0.15) is 24.6 Å². The lowest BCUT2D eigenvalue weighted by molar-refractivity contribution is -0.120. The third kappa shape index (κ3) is 4.09. The summed E-state index contributed by atoms with van der Waals surface area (Å²) in [6.07, 6.45) is 3.10. The number of ether oxygens (including phenoxy) is 1. The highest BCUT2D eigenvalue weighted by atomic mass is 16.5. The molecular weight excluding hydrogens is 318 g/mol. The Bertz CT molecular complexity index is 764. The Morgan fingerprint density at radius 3 is 2.68 bits per heavy atom. The molecular formula is C19H23N3O3. The minimum absolute atomic E-state index is 0.0857. The summed E-state index contributed by atoms with van der Waals surface area (Å²) in [5.74, 6) is 1.16. The van der Waals surface area contributed by atoms with Gasteiger partial charge in [-0.25, -0.2) is 0 Å². The van der Waals surface area contributed by atoms with Gasteiger partial charge in [0.2, 0.25) is 11.8 Å². The molecule has 0 bridgehead atoms. The molecule has 0 unspecified atom stereocenters. The van der Waals surface area contributed by atoms with Crippen molar-refractivity contribution < 1.29 is 14.1 Å². The molecule has 1 aliphatic heterocycles. The molecule has 25 heavy (non-hydrogen) atoms. The third-order valence-electron chi connectivity index (χ3n) is 4.50. The zero-order chi connectivity index (χ0) is 17.8. The van der Waals surface area contributed by atoms with Crippen LogP contribution < -0.4 is 10.1 Å². The number of hydrogen-bond acceptors (Lipinski definition) is 5. The Kier molecular flexibility index (Phi) is 5.19. The number of benzene rings is 1. The summed E-state index contributed by atoms with van der Waals surface area (Å²) < 4.78 is 10.2. The first-order valence-electron chi connectivity index (χ1n) is 8.38. The van der Waals surface area contributed by atoms with E-state index in [0.29, 0.717) is 5.88 Å². The van der Waals surface area contributed by atoms with E-state index in [-0.39, 0.29) is 11.9 Å². The van der Waals surface area contributed by atoms with Gasteiger partial charge in [-0.1, -0.05) is 23.4 Å². The summed E-state index contributed by atoms with van der Waals surface area (Å²) in [4.78, 5) is 14.5. The molecule has 1 aliphatic rings. The zero-order valence-corrected chi connectivity index (χ0v) is 14.8. The predicted octanol–water partition coefficient (Wildman–Crippen LogP) is 3.11. The molecule has 1 amide bonds. The molecule has 1 N–H and O–H groups in total. The highest BCUT2D eigenvalue weighted by Gasteiger charge is 2.24. The van der Waals surface area contributed by atoms with Gasteiger partial charge in [0.05, 0.1) is 18.8 Å². The molecule has 2 aromatic rings. The predicted molar refractivity (Wildman–Crippen MR) is 96.5 cm³/mol. The van der Waals surface area contributed by atoms with Gasteiger partial charge in [0.25, 0.3) is 0 Å². The SMILES string of the molecule is COc1ccc(C2=CCN([C@@H](C)C(=O)Nc3cc(C)no3)CC2)cc1. The number of anilines is 1. The summed E-state index contributed by atoms with van der Waals surface area (Å²) in [6, 6.07) is 9.56. The van der Waals surface area contributed by atoms with Gasteiger partial charge in [0.1, 0.15) is 5.75 Å². The van der Waals surface area contributed by atoms with Gasteiger partial charge in [-0.2, -0.15) is 0 Å². The van der Waals surface area contributed by atoms with Gasteiger partial charge in [-0.3, -0.25) is 15.0 Å². The molecule has 1 aromatic heterocycles. The number of rotatable bonds is 5. The molecule has 2 heterocycles. The number of aromatic nitrogens is 1. The van der Waals surface area contributed by atoms with Crippen LogP contribution in [0, 0.1) is 6.92 Å². The average Bonchev–Trinajstić information content (AvgIpc) is 3.06. The number of carbonyl (C=O) groups excluding carboxylic acids is 1. The summed E-state index contributed by atoms with van der Waals surface area (Å²) in [6.45, 7) is 5.30. The summed E-state index contributed by atoms with van der Waals surface area (Å²) in [5, 5.41) is 6.55. The third-order valence-corrected chi connectivity index (χ3v) is 4.50. The first kappa shape index (κ1) is 17.2. The summed E-state index contributed by atoms with van der Waals surface area (Å²) >= 11 is 0. The summed E-state index contributed by atoms with van der Waals surface area (Å²) in [5.41, 5.74) is 3.25. The fourth-order valence-electron chi connectivity index (χ4n) is 2.92. The van der Waals surface area contributed by atoms with Crippen LogP contribution in [0.3, 0.4) is 0 Å². The quantitative estimate of drug-likeness (QED) is 0.905. The maximum absolute atomic E-state index is 12.4. The lowest BCUT2D eigenvalue weighted by Crippen LogP contribution is -2.43. The molecule has 0 radical (unpaired) electrons. The first-order valence-corrected chi connectivity index (χ1v) is 8.38. The minimum Gasteiger partial charge on any atom is -0.497 e. The average molecular weight is 341 g/mol. The van der Waals surface area contributed by atoms with Crippen LogP contribution in [0.2, 0.25) is 0 Å². The topological polar surface area (TPSA) is 67.6 Å². The molecule has 1 atom stereocenters. The lowest BCUT2D eigenvalue weighted by Gasteiger charge is -2.30. The number of hydrogen-bond donors (Lipinski definition) is 1. The standard InChI is InChI=1S/C19H23N3O3/c1-13-12-18(25-21-13)20-19(23)14(2)22-10-8-16(9-11-22)15-4-6-17(24-3)7-5-15/h4-8,12,14H,9-11H2,1-3H3,(H,20,23)/t14-/m0/s1. The maximum atomic E-state index is 12.4. The molecule has 6 heteroatoms. The maximum Gasteiger partial charge on any atom is 0.243 e. The van der Waals surface area contributed by atoms with Crippen LogP contribution in [0.4, 0.5) is 5.88 Å². The molecule has 1 aromatic carbocycles. The van der Waals surface area contributed by atoms with Crippen molar-refractivity contribution in [2.75, 3.05) is 25.5 Å². The Morgan fingerprint density at radius 2 is 2.12 bits per heavy atom. The van der Waals surface area contributed by atoms with Crippen molar-refractivity contribution in [3.8, 4) is 5.75 Å². The van der Waals surface area contributed by atoms with Crippen molar-refractivity contribution in [2.45, 2.75) is 26.3 Å². The molecule has 6 nitrogen and oxygen atoms in total. The Morgan fingerprint density at radius 1 is 1.36 bits per heavy atom. The second-order valence-corrected chi connectivity index (χ2v) is 6.20. The highest BCUT2D eigenvalue weighted by Crippen LogP contribution is 2.25. The molecule has 0 saturated carbocycles. The van der Waals surface area contributed by atoms with Gasteiger partial charge in [0.15, 0.2) is 0 Å². The van der Waals surface area contributed by atoms with E-state index in [1.165, 1.54) is 11.1 Å². The highest BCUT2D eigenvalue weighted by molar-refractivity contribution is 5.93. The van der Waals surface area contributed by atoms with Crippen LogP contribution >= 0.6 is 0 Å². The van der Waals surface area contributed by atoms with Crippen LogP contribution in [-0.2, 0) is 4.79 Å². The van der Waals surface area contributed by atoms with Crippen molar-refractivity contribution in [3.63, 3.8) is 0 Å². The normalized spacial score (nSPS) is 16.2. The summed E-state index contributed by atoms with van der Waals surface area (Å²) in [7, 11) is 1.67. The van der Waals surface area contributed by atoms with Gasteiger partial charge in [-0.15, -0.1) is 0 Å². The van der Waals surface area contributed by atoms with Crippen LogP contribution in [0.25, 0.3) is 5.57 Å². The lowest BCUT2D eigenvalue weighted by atomic mass is 9.98. The number of nitrogens with zero attached hydrogens (tertiary/aromatic N) is 2. The van der Waals surface area contributed by atoms with Crippen LogP contribution in [-0.4, -0.2) is 42.2 Å². The van der Waals surface area contributed by atoms with Crippen molar-refractivity contribution in [2.24, 2.45) is 0 Å². The Labute approximate surface area is 147 Å². The van der Waals surface area contributed by atoms with Crippen molar-refractivity contribution >= 4 is 17.4 Å². The zero-order valence-electron chi connectivity index (χ0n) is 14.8. The second-order valence-electron chi connectivity index (χ2n) is 6.20. The molecule has 0 aliphatic carbocycles. The van der Waals surface area contributed by atoms with E-state index in [1.54, 1.807) is 13.2 Å². The van der Waals surface area contributed by atoms with Crippen molar-refractivity contribution in [1.29, 1.82) is 0 Å². The molecule has 3 rings (SSSR count). The minimum atomic E-state index is -0.237. The van der Waals surface area contributed by atoms with Crippen LogP contribution in [0.5, 0.6) is 5.75 Å². The fourth-order valence-corrected chi connectivity index (χ4v) is 2.92. The number of amides is 1. The molecule has 0 fully saturated rings. The van der Waals surface area contributed by atoms with E-state index < -0.39 is 0 Å². The number of nitrogens with one attached hydrogen (secondary N) is 1. The first-order chi connectivity index (χ1) is 12.1. The largest absolute Gasteiger partial charge is 0.497 e. The number of aryl methyl sites for hydroxylation is 1. The smallest absolute Gasteiger partial charge is 0.243 e. The van der Waals surface area contributed by atoms with E-state index in [9.17, 15) is 4.79 Å². The Balaban J connectivity index is 1.59. The van der Waals surface area contributed by atoms with Gasteiger partial charge >= 0.3 is 0 Å². The monoisotopic (exact) mass is 341 g/mol. The fraction of sp³-hybridized carbons (Fsp3) is 0.368. The van der Waals surface area contributed by atoms with E-state index >= 15 is 0 Å². The molecule has 132 valence electrons. The van der Waals surface area contributed by atoms with E-state index in [1.807, 2.05) is 26.0 Å². The van der Waals surface area contributed by atoms with Gasteiger partial charge in [-0.05, 0) is 43.5 Å². The van der Waals surface area contributed by atoms with Crippen molar-refractivity contribution in [3.05, 3.63) is 47.7 Å². The van der Waals surface area contributed by atoms with E-state index in [4.69, 9.17) is 9.26 Å². The van der Waals surface area contributed by atoms with Crippen molar-refractivity contribution in [1.82, 2.24) is 10.1 Å². The van der Waals surface area contributed by atoms with Crippen LogP contribution in [0.15, 0.2) is 40.9 Å². The number of methoxy groups -OCH3 is 1. The van der Waals surface area contributed by atoms with Gasteiger partial charge < -0.3 is 9.26 Å². The van der Waals surface area contributed by atoms with E-state index in [2.05, 4.69) is 33.6 Å². The molecule has 0 saturated heterocycles. The second kappa shape index (κ2) is 7.53.